The van der Waals surface area contributed by atoms with Crippen LogP contribution in [-0.2, 0) is 12.0 Å². The number of urea groups is 1. The summed E-state index contributed by atoms with van der Waals surface area (Å²) >= 11 is 0. The van der Waals surface area contributed by atoms with Gasteiger partial charge in [0.2, 0.25) is 0 Å². The zero-order valence-corrected chi connectivity index (χ0v) is 15.1. The van der Waals surface area contributed by atoms with E-state index in [0.717, 1.165) is 43.7 Å². The molecule has 0 aliphatic carbocycles. The minimum atomic E-state index is 0.0186. The van der Waals surface area contributed by atoms with E-state index in [1.165, 1.54) is 0 Å². The molecular formula is C17H31N5O. The van der Waals surface area contributed by atoms with Gasteiger partial charge < -0.3 is 15.1 Å². The van der Waals surface area contributed by atoms with Crippen molar-refractivity contribution in [1.29, 1.82) is 0 Å². The van der Waals surface area contributed by atoms with Crippen molar-refractivity contribution < 1.29 is 4.79 Å². The lowest BCUT2D eigenvalue weighted by atomic mass is 9.92. The Morgan fingerprint density at radius 3 is 2.74 bits per heavy atom. The van der Waals surface area contributed by atoms with Crippen LogP contribution in [0, 0.1) is 0 Å². The molecule has 0 saturated carbocycles. The molecule has 0 bridgehead atoms. The van der Waals surface area contributed by atoms with Crippen molar-refractivity contribution in [2.45, 2.75) is 58.0 Å². The predicted molar refractivity (Wildman–Crippen MR) is 92.4 cm³/mol. The van der Waals surface area contributed by atoms with Crippen LogP contribution in [0.15, 0.2) is 6.07 Å². The molecular weight excluding hydrogens is 290 g/mol. The number of rotatable bonds is 3. The quantitative estimate of drug-likeness (QED) is 0.898. The molecule has 1 saturated heterocycles. The monoisotopic (exact) mass is 321 g/mol. The first-order valence-corrected chi connectivity index (χ1v) is 8.51. The van der Waals surface area contributed by atoms with Crippen LogP contribution in [0.3, 0.4) is 0 Å². The Kier molecular flexibility index (Phi) is 5.68. The fourth-order valence-corrected chi connectivity index (χ4v) is 2.92. The van der Waals surface area contributed by atoms with E-state index >= 15 is 0 Å². The first-order chi connectivity index (χ1) is 10.8. The summed E-state index contributed by atoms with van der Waals surface area (Å²) in [5.41, 5.74) is 1.99. The van der Waals surface area contributed by atoms with Crippen LogP contribution in [0.1, 0.15) is 51.4 Å². The molecule has 1 atom stereocenters. The largest absolute Gasteiger partial charge is 0.332 e. The van der Waals surface area contributed by atoms with Gasteiger partial charge in [0, 0.05) is 24.5 Å². The number of carbonyl (C=O) groups excluding carboxylic acids is 1. The van der Waals surface area contributed by atoms with Crippen LogP contribution >= 0.6 is 0 Å². The van der Waals surface area contributed by atoms with Gasteiger partial charge in [-0.15, -0.1) is 0 Å². The Morgan fingerprint density at radius 2 is 2.13 bits per heavy atom. The van der Waals surface area contributed by atoms with Crippen molar-refractivity contribution in [3.8, 4) is 0 Å². The summed E-state index contributed by atoms with van der Waals surface area (Å²) in [7, 11) is 4.23. The molecule has 2 rings (SSSR count). The Balaban J connectivity index is 1.84. The highest BCUT2D eigenvalue weighted by molar-refractivity contribution is 5.74. The van der Waals surface area contributed by atoms with Crippen molar-refractivity contribution in [3.63, 3.8) is 0 Å². The Bertz CT molecular complexity index is 517. The van der Waals surface area contributed by atoms with Gasteiger partial charge in [-0.3, -0.25) is 5.10 Å². The number of hydrogen-bond acceptors (Lipinski definition) is 3. The molecule has 0 spiro atoms. The molecule has 23 heavy (non-hydrogen) atoms. The lowest BCUT2D eigenvalue weighted by molar-refractivity contribution is 0.196. The molecule has 0 radical (unpaired) electrons. The third kappa shape index (κ3) is 4.96. The fraction of sp³-hybridized carbons (Fsp3) is 0.765. The van der Waals surface area contributed by atoms with E-state index in [1.807, 2.05) is 11.0 Å². The molecule has 0 aromatic carbocycles. The van der Waals surface area contributed by atoms with Crippen LogP contribution in [0.2, 0.25) is 0 Å². The van der Waals surface area contributed by atoms with Gasteiger partial charge in [0.05, 0.1) is 17.9 Å². The molecule has 1 fully saturated rings. The molecule has 1 aromatic rings. The highest BCUT2D eigenvalue weighted by atomic mass is 16.2. The summed E-state index contributed by atoms with van der Waals surface area (Å²) in [5.74, 6) is 0. The highest BCUT2D eigenvalue weighted by Gasteiger charge is 2.22. The molecule has 1 aromatic heterocycles. The zero-order chi connectivity index (χ0) is 17.0. The van der Waals surface area contributed by atoms with E-state index in [9.17, 15) is 4.79 Å². The van der Waals surface area contributed by atoms with Crippen molar-refractivity contribution in [2.75, 3.05) is 27.2 Å². The van der Waals surface area contributed by atoms with Gasteiger partial charge in [0.15, 0.2) is 0 Å². The summed E-state index contributed by atoms with van der Waals surface area (Å²) in [4.78, 5) is 16.6. The lowest BCUT2D eigenvalue weighted by Gasteiger charge is -2.23. The second kappa shape index (κ2) is 7.34. The van der Waals surface area contributed by atoms with E-state index in [4.69, 9.17) is 0 Å². The number of amides is 2. The Labute approximate surface area is 139 Å². The van der Waals surface area contributed by atoms with Gasteiger partial charge in [-0.05, 0) is 39.4 Å². The number of likely N-dealkylation sites (tertiary alicyclic amines) is 1. The molecule has 1 aliphatic heterocycles. The summed E-state index contributed by atoms with van der Waals surface area (Å²) in [6, 6.07) is 2.64. The van der Waals surface area contributed by atoms with Gasteiger partial charge in [-0.1, -0.05) is 20.8 Å². The molecule has 6 heteroatoms. The molecule has 130 valence electrons. The third-order valence-corrected chi connectivity index (χ3v) is 4.54. The normalized spacial score (nSPS) is 19.7. The SMILES string of the molecule is CN(C)C1CCCN(C(=O)NCc2cc(C(C)(C)C)n[nH]2)CC1. The summed E-state index contributed by atoms with van der Waals surface area (Å²) in [6.45, 7) is 8.55. The van der Waals surface area contributed by atoms with Gasteiger partial charge >= 0.3 is 6.03 Å². The number of aromatic amines is 1. The van der Waals surface area contributed by atoms with E-state index in [-0.39, 0.29) is 11.4 Å². The van der Waals surface area contributed by atoms with Crippen LogP contribution < -0.4 is 5.32 Å². The maximum Gasteiger partial charge on any atom is 0.317 e. The first kappa shape index (κ1) is 17.8. The second-order valence-electron chi connectivity index (χ2n) is 7.72. The number of carbonyl (C=O) groups is 1. The number of nitrogens with zero attached hydrogens (tertiary/aromatic N) is 3. The average molecular weight is 321 g/mol. The van der Waals surface area contributed by atoms with Crippen molar-refractivity contribution in [3.05, 3.63) is 17.5 Å². The number of hydrogen-bond donors (Lipinski definition) is 2. The number of nitrogens with one attached hydrogen (secondary N) is 2. The van der Waals surface area contributed by atoms with Crippen LogP contribution in [0.4, 0.5) is 4.79 Å². The van der Waals surface area contributed by atoms with Gasteiger partial charge in [-0.25, -0.2) is 4.79 Å². The van der Waals surface area contributed by atoms with Gasteiger partial charge in [0.25, 0.3) is 0 Å². The van der Waals surface area contributed by atoms with Crippen LogP contribution in [0.5, 0.6) is 0 Å². The van der Waals surface area contributed by atoms with E-state index < -0.39 is 0 Å². The van der Waals surface area contributed by atoms with Gasteiger partial charge in [0.1, 0.15) is 0 Å². The summed E-state index contributed by atoms with van der Waals surface area (Å²) < 4.78 is 0. The third-order valence-electron chi connectivity index (χ3n) is 4.54. The minimum absolute atomic E-state index is 0.0186. The molecule has 2 heterocycles. The van der Waals surface area contributed by atoms with Gasteiger partial charge in [-0.2, -0.15) is 5.10 Å². The predicted octanol–water partition coefficient (Wildman–Crippen LogP) is 2.33. The summed E-state index contributed by atoms with van der Waals surface area (Å²) in [5, 5.41) is 10.3. The standard InChI is InChI=1S/C17H31N5O/c1-17(2,3)15-11-13(19-20-15)12-18-16(23)22-9-6-7-14(8-10-22)21(4)5/h11,14H,6-10,12H2,1-5H3,(H,18,23)(H,19,20). The van der Waals surface area contributed by atoms with E-state index in [2.05, 4.69) is 55.3 Å². The van der Waals surface area contributed by atoms with Crippen molar-refractivity contribution in [1.82, 2.24) is 25.3 Å². The number of aromatic nitrogens is 2. The molecule has 1 unspecified atom stereocenters. The lowest BCUT2D eigenvalue weighted by Crippen LogP contribution is -2.40. The smallest absolute Gasteiger partial charge is 0.317 e. The maximum atomic E-state index is 12.4. The van der Waals surface area contributed by atoms with E-state index in [1.54, 1.807) is 0 Å². The molecule has 2 N–H and O–H groups in total. The van der Waals surface area contributed by atoms with Crippen LogP contribution in [-0.4, -0.2) is 59.3 Å². The summed E-state index contributed by atoms with van der Waals surface area (Å²) in [6.07, 6.45) is 3.26. The second-order valence-corrected chi connectivity index (χ2v) is 7.72. The molecule has 6 nitrogen and oxygen atoms in total. The first-order valence-electron chi connectivity index (χ1n) is 8.51. The van der Waals surface area contributed by atoms with Crippen molar-refractivity contribution in [2.24, 2.45) is 0 Å². The topological polar surface area (TPSA) is 64.3 Å². The zero-order valence-electron chi connectivity index (χ0n) is 15.1. The van der Waals surface area contributed by atoms with Crippen molar-refractivity contribution >= 4 is 6.03 Å². The van der Waals surface area contributed by atoms with Crippen LogP contribution in [0.25, 0.3) is 0 Å². The highest BCUT2D eigenvalue weighted by Crippen LogP contribution is 2.20. The molecule has 1 aliphatic rings. The average Bonchev–Trinajstić information content (AvgIpc) is 2.81. The Morgan fingerprint density at radius 1 is 1.39 bits per heavy atom. The Hall–Kier alpha value is -1.56. The minimum Gasteiger partial charge on any atom is -0.332 e. The fourth-order valence-electron chi connectivity index (χ4n) is 2.92. The maximum absolute atomic E-state index is 12.4. The molecule has 2 amide bonds. The number of H-pyrrole nitrogens is 1. The van der Waals surface area contributed by atoms with E-state index in [0.29, 0.717) is 12.6 Å².